The van der Waals surface area contributed by atoms with Crippen molar-refractivity contribution in [2.24, 2.45) is 0 Å². The molecule has 72 valence electrons. The summed E-state index contributed by atoms with van der Waals surface area (Å²) in [5, 5.41) is 0. The third kappa shape index (κ3) is 9.10. The zero-order chi connectivity index (χ0) is 10.3. The predicted octanol–water partition coefficient (Wildman–Crippen LogP) is 2.79. The van der Waals surface area contributed by atoms with Crippen molar-refractivity contribution in [3.8, 4) is 11.5 Å². The minimum atomic E-state index is -1.23. The molecule has 0 unspecified atom stereocenters. The van der Waals surface area contributed by atoms with Crippen LogP contribution >= 0.6 is 0 Å². The number of carbonyl (C=O) groups excluding carboxylic acids is 1. The van der Waals surface area contributed by atoms with Gasteiger partial charge in [0.25, 0.3) is 0 Å². The molecule has 0 amide bonds. The van der Waals surface area contributed by atoms with E-state index in [2.05, 4.69) is 31.1 Å². The highest BCUT2D eigenvalue weighted by Gasteiger charge is 2.06. The summed E-state index contributed by atoms with van der Waals surface area (Å²) in [5.74, 6) is 3.07. The van der Waals surface area contributed by atoms with Gasteiger partial charge in [-0.3, -0.25) is 0 Å². The van der Waals surface area contributed by atoms with E-state index in [1.165, 1.54) is 5.57 Å². The summed E-state index contributed by atoms with van der Waals surface area (Å²) in [4.78, 5) is 10.1. The van der Waals surface area contributed by atoms with Gasteiger partial charge in [-0.2, -0.15) is 0 Å². The van der Waals surface area contributed by atoms with Gasteiger partial charge in [0.2, 0.25) is 0 Å². The van der Waals surface area contributed by atoms with Crippen molar-refractivity contribution in [3.05, 3.63) is 11.6 Å². The number of allylic oxidation sites excluding steroid dienone is 2. The zero-order valence-corrected chi connectivity index (χ0v) is 9.98. The fourth-order valence-corrected chi connectivity index (χ4v) is 1.24. The Morgan fingerprint density at radius 3 is 2.46 bits per heavy atom. The van der Waals surface area contributed by atoms with Crippen LogP contribution in [-0.2, 0) is 4.79 Å². The normalized spacial score (nSPS) is 11.8. The molecule has 0 bridgehead atoms. The first-order valence-corrected chi connectivity index (χ1v) is 8.07. The molecule has 0 radical (unpaired) electrons. The molecule has 0 aromatic rings. The molecular weight excluding hydrogens is 176 g/mol. The van der Waals surface area contributed by atoms with E-state index in [1.807, 2.05) is 13.0 Å². The Hall–Kier alpha value is -0.813. The maximum Gasteiger partial charge on any atom is 0.129 e. The van der Waals surface area contributed by atoms with E-state index >= 15 is 0 Å². The molecule has 0 aliphatic carbocycles. The number of carbonyl (C=O) groups is 1. The first-order chi connectivity index (χ1) is 5.95. The largest absolute Gasteiger partial charge is 0.303 e. The summed E-state index contributed by atoms with van der Waals surface area (Å²) in [6.07, 6.45) is 4.33. The molecule has 0 aromatic carbocycles. The minimum absolute atomic E-state index is 0.608. The van der Waals surface area contributed by atoms with Gasteiger partial charge in [-0.05, 0) is 19.4 Å². The molecule has 2 heteroatoms. The van der Waals surface area contributed by atoms with Gasteiger partial charge < -0.3 is 4.79 Å². The van der Waals surface area contributed by atoms with Crippen molar-refractivity contribution in [2.45, 2.75) is 39.4 Å². The molecule has 1 nitrogen and oxygen atoms in total. The van der Waals surface area contributed by atoms with E-state index in [9.17, 15) is 4.79 Å². The van der Waals surface area contributed by atoms with E-state index in [0.29, 0.717) is 6.42 Å². The Kier molecular flexibility index (Phi) is 5.41. The van der Waals surface area contributed by atoms with E-state index < -0.39 is 8.07 Å². The molecule has 0 saturated carbocycles. The second-order valence-electron chi connectivity index (χ2n) is 4.22. The molecule has 0 N–H and O–H groups in total. The average molecular weight is 194 g/mol. The Labute approximate surface area is 82.2 Å². The number of hydrogen-bond acceptors (Lipinski definition) is 1. The van der Waals surface area contributed by atoms with Crippen molar-refractivity contribution < 1.29 is 4.79 Å². The van der Waals surface area contributed by atoms with Crippen LogP contribution in [0.25, 0.3) is 0 Å². The van der Waals surface area contributed by atoms with E-state index in [1.54, 1.807) is 0 Å². The third-order valence-electron chi connectivity index (χ3n) is 1.42. The van der Waals surface area contributed by atoms with Crippen LogP contribution in [-0.4, -0.2) is 14.4 Å². The Morgan fingerprint density at radius 2 is 2.00 bits per heavy atom. The van der Waals surface area contributed by atoms with Gasteiger partial charge in [-0.15, -0.1) is 5.54 Å². The van der Waals surface area contributed by atoms with Crippen LogP contribution in [0.5, 0.6) is 0 Å². The van der Waals surface area contributed by atoms with Crippen molar-refractivity contribution >= 4 is 14.4 Å². The summed E-state index contributed by atoms with van der Waals surface area (Å²) in [7, 11) is -1.23. The molecule has 0 aromatic heterocycles. The van der Waals surface area contributed by atoms with E-state index in [4.69, 9.17) is 0 Å². The van der Waals surface area contributed by atoms with Crippen LogP contribution < -0.4 is 0 Å². The summed E-state index contributed by atoms with van der Waals surface area (Å²) in [5.41, 5.74) is 4.45. The van der Waals surface area contributed by atoms with Gasteiger partial charge in [-0.25, -0.2) is 0 Å². The molecule has 0 atom stereocenters. The SMILES string of the molecule is C/C(=C/C#C[Si](C)(C)C)CCC=O. The molecule has 0 fully saturated rings. The predicted molar refractivity (Wildman–Crippen MR) is 60.2 cm³/mol. The van der Waals surface area contributed by atoms with Crippen molar-refractivity contribution in [1.82, 2.24) is 0 Å². The van der Waals surface area contributed by atoms with Gasteiger partial charge in [-0.1, -0.05) is 31.1 Å². The monoisotopic (exact) mass is 194 g/mol. The van der Waals surface area contributed by atoms with Crippen molar-refractivity contribution in [2.75, 3.05) is 0 Å². The Balaban J connectivity index is 4.07. The average Bonchev–Trinajstić information content (AvgIpc) is 1.98. The molecule has 0 aliphatic rings. The van der Waals surface area contributed by atoms with Gasteiger partial charge in [0, 0.05) is 6.42 Å². The first kappa shape index (κ1) is 12.2. The zero-order valence-electron chi connectivity index (χ0n) is 8.98. The van der Waals surface area contributed by atoms with Crippen LogP contribution in [0.2, 0.25) is 19.6 Å². The van der Waals surface area contributed by atoms with Gasteiger partial charge in [0.05, 0.1) is 0 Å². The van der Waals surface area contributed by atoms with Crippen LogP contribution in [0, 0.1) is 11.5 Å². The molecule has 0 heterocycles. The molecular formula is C11H18OSi. The van der Waals surface area contributed by atoms with Crippen LogP contribution in [0.1, 0.15) is 19.8 Å². The summed E-state index contributed by atoms with van der Waals surface area (Å²) < 4.78 is 0. The summed E-state index contributed by atoms with van der Waals surface area (Å²) >= 11 is 0. The maximum atomic E-state index is 10.1. The minimum Gasteiger partial charge on any atom is -0.303 e. The van der Waals surface area contributed by atoms with Crippen molar-refractivity contribution in [1.29, 1.82) is 0 Å². The van der Waals surface area contributed by atoms with E-state index in [0.717, 1.165) is 12.7 Å². The van der Waals surface area contributed by atoms with Gasteiger partial charge in [0.1, 0.15) is 14.4 Å². The molecule has 0 spiro atoms. The van der Waals surface area contributed by atoms with Crippen molar-refractivity contribution in [3.63, 3.8) is 0 Å². The lowest BCUT2D eigenvalue weighted by atomic mass is 10.2. The molecule has 0 aliphatic heterocycles. The molecule has 0 saturated heterocycles. The van der Waals surface area contributed by atoms with Crippen LogP contribution in [0.4, 0.5) is 0 Å². The smallest absolute Gasteiger partial charge is 0.129 e. The second-order valence-corrected chi connectivity index (χ2v) is 8.97. The quantitative estimate of drug-likeness (QED) is 0.383. The maximum absolute atomic E-state index is 10.1. The standard InChI is InChI=1S/C11H18OSi/c1-11(7-5-9-12)8-6-10-13(2,3)4/h8-9H,5,7H2,1-4H3/b11-8-. The highest BCUT2D eigenvalue weighted by Crippen LogP contribution is 2.01. The number of rotatable bonds is 3. The highest BCUT2D eigenvalue weighted by molar-refractivity contribution is 6.83. The summed E-state index contributed by atoms with van der Waals surface area (Å²) in [6.45, 7) is 8.67. The lowest BCUT2D eigenvalue weighted by Crippen LogP contribution is -2.16. The topological polar surface area (TPSA) is 17.1 Å². The first-order valence-electron chi connectivity index (χ1n) is 4.57. The number of aldehydes is 1. The summed E-state index contributed by atoms with van der Waals surface area (Å²) in [6, 6.07) is 0. The van der Waals surface area contributed by atoms with Gasteiger partial charge >= 0.3 is 0 Å². The second kappa shape index (κ2) is 5.77. The van der Waals surface area contributed by atoms with E-state index in [-0.39, 0.29) is 0 Å². The molecule has 0 rings (SSSR count). The van der Waals surface area contributed by atoms with Crippen LogP contribution in [0.3, 0.4) is 0 Å². The number of hydrogen-bond donors (Lipinski definition) is 0. The molecule has 13 heavy (non-hydrogen) atoms. The lowest BCUT2D eigenvalue weighted by Gasteiger charge is -2.02. The third-order valence-corrected chi connectivity index (χ3v) is 2.32. The Morgan fingerprint density at radius 1 is 1.38 bits per heavy atom. The Bertz CT molecular complexity index is 247. The fraction of sp³-hybridized carbons (Fsp3) is 0.545. The van der Waals surface area contributed by atoms with Gasteiger partial charge in [0.15, 0.2) is 0 Å². The fourth-order valence-electron chi connectivity index (χ4n) is 0.735. The lowest BCUT2D eigenvalue weighted by molar-refractivity contribution is -0.107. The highest BCUT2D eigenvalue weighted by atomic mass is 28.3. The van der Waals surface area contributed by atoms with Crippen LogP contribution in [0.15, 0.2) is 11.6 Å².